The molecule has 1 aliphatic heterocycles. The number of hydrogen-bond donors (Lipinski definition) is 2. The van der Waals surface area contributed by atoms with E-state index in [4.69, 9.17) is 9.31 Å². The lowest BCUT2D eigenvalue weighted by Gasteiger charge is -2.21. The van der Waals surface area contributed by atoms with Gasteiger partial charge in [-0.3, -0.25) is 14.4 Å². The van der Waals surface area contributed by atoms with Crippen LogP contribution in [0, 0.1) is 11.7 Å². The van der Waals surface area contributed by atoms with E-state index in [0.717, 1.165) is 6.07 Å². The summed E-state index contributed by atoms with van der Waals surface area (Å²) in [7, 11) is -0.824. The highest BCUT2D eigenvalue weighted by Crippen LogP contribution is 2.27. The van der Waals surface area contributed by atoms with Gasteiger partial charge in [-0.15, -0.1) is 0 Å². The Morgan fingerprint density at radius 3 is 2.80 bits per heavy atom. The molecule has 2 unspecified atom stereocenters. The molecule has 7 nitrogen and oxygen atoms in total. The summed E-state index contributed by atoms with van der Waals surface area (Å²) in [5.41, 5.74) is -0.166. The normalized spacial score (nSPS) is 18.6. The van der Waals surface area contributed by atoms with E-state index in [2.05, 4.69) is 26.6 Å². The van der Waals surface area contributed by atoms with Crippen LogP contribution in [0.1, 0.15) is 30.6 Å². The third kappa shape index (κ3) is 5.37. The van der Waals surface area contributed by atoms with Crippen LogP contribution in [0.3, 0.4) is 0 Å². The molecule has 1 aromatic rings. The molecule has 1 fully saturated rings. The molecule has 1 saturated heterocycles. The zero-order chi connectivity index (χ0) is 21.8. The highest BCUT2D eigenvalue weighted by Gasteiger charge is 2.46. The van der Waals surface area contributed by atoms with E-state index in [-0.39, 0.29) is 23.8 Å². The van der Waals surface area contributed by atoms with E-state index in [1.165, 1.54) is 18.2 Å². The number of rotatable bonds is 7. The van der Waals surface area contributed by atoms with Crippen molar-refractivity contribution in [3.05, 3.63) is 58.0 Å². The Morgan fingerprint density at radius 1 is 1.33 bits per heavy atom. The molecule has 0 radical (unpaired) electrons. The largest absolute Gasteiger partial charge is 0.550 e. The SMILES string of the molecule is CC(C)CC(NC(=O)CNC(=O)c1cc(Br)ccc1F)B1OC2=CC=CC(=O)C2O1. The lowest BCUT2D eigenvalue weighted by atomic mass is 9.74. The number of carbonyl (C=O) groups is 3. The number of ketones is 1. The fraction of sp³-hybridized carbons (Fsp3) is 0.350. The number of halogens is 2. The Balaban J connectivity index is 1.60. The number of allylic oxidation sites excluding steroid dienone is 2. The van der Waals surface area contributed by atoms with Crippen LogP contribution < -0.4 is 10.6 Å². The van der Waals surface area contributed by atoms with Gasteiger partial charge in [0.15, 0.2) is 11.9 Å². The molecule has 2 amide bonds. The molecular formula is C20H21BBrFN2O5. The Hall–Kier alpha value is -2.46. The van der Waals surface area contributed by atoms with Crippen LogP contribution >= 0.6 is 15.9 Å². The van der Waals surface area contributed by atoms with Crippen LogP contribution in [0.5, 0.6) is 0 Å². The third-order valence-electron chi connectivity index (χ3n) is 4.54. The third-order valence-corrected chi connectivity index (χ3v) is 5.04. The van der Waals surface area contributed by atoms with Crippen molar-refractivity contribution in [2.24, 2.45) is 5.92 Å². The van der Waals surface area contributed by atoms with E-state index >= 15 is 0 Å². The summed E-state index contributed by atoms with van der Waals surface area (Å²) in [5.74, 6) is -2.00. The first-order valence-electron chi connectivity index (χ1n) is 9.51. The molecule has 1 aromatic carbocycles. The first kappa shape index (κ1) is 22.2. The first-order valence-corrected chi connectivity index (χ1v) is 10.3. The second-order valence-electron chi connectivity index (χ2n) is 7.44. The van der Waals surface area contributed by atoms with Gasteiger partial charge in [0.05, 0.1) is 18.0 Å². The smallest absolute Gasteiger partial charge is 0.536 e. The topological polar surface area (TPSA) is 93.7 Å². The Kier molecular flexibility index (Phi) is 7.09. The van der Waals surface area contributed by atoms with E-state index in [9.17, 15) is 18.8 Å². The molecule has 3 rings (SSSR count). The van der Waals surface area contributed by atoms with Gasteiger partial charge >= 0.3 is 7.12 Å². The van der Waals surface area contributed by atoms with Crippen molar-refractivity contribution in [1.29, 1.82) is 0 Å². The summed E-state index contributed by atoms with van der Waals surface area (Å²) in [6, 6.07) is 3.98. The van der Waals surface area contributed by atoms with E-state index in [0.29, 0.717) is 16.7 Å². The standard InChI is InChI=1S/C20H21BBrFN2O5/c1-11(2)8-17(21-29-16-5-3-4-15(26)19(16)30-21)25-18(27)10-24-20(28)13-9-12(22)6-7-14(13)23/h3-7,9,11,17,19H,8,10H2,1-2H3,(H,24,28)(H,25,27). The fourth-order valence-electron chi connectivity index (χ4n) is 3.19. The molecule has 2 atom stereocenters. The number of hydrogen-bond acceptors (Lipinski definition) is 5. The van der Waals surface area contributed by atoms with E-state index in [1.54, 1.807) is 12.2 Å². The van der Waals surface area contributed by atoms with Gasteiger partial charge in [-0.1, -0.05) is 35.9 Å². The predicted octanol–water partition coefficient (Wildman–Crippen LogP) is 2.31. The van der Waals surface area contributed by atoms with Gasteiger partial charge in [0.2, 0.25) is 5.91 Å². The average molecular weight is 479 g/mol. The van der Waals surface area contributed by atoms with Gasteiger partial charge in [0.25, 0.3) is 5.91 Å². The maximum absolute atomic E-state index is 13.8. The molecule has 1 heterocycles. The molecule has 1 aliphatic carbocycles. The second-order valence-corrected chi connectivity index (χ2v) is 8.36. The zero-order valence-corrected chi connectivity index (χ0v) is 18.1. The molecule has 30 heavy (non-hydrogen) atoms. The minimum absolute atomic E-state index is 0.166. The van der Waals surface area contributed by atoms with Gasteiger partial charge in [-0.2, -0.15) is 0 Å². The number of nitrogens with one attached hydrogen (secondary N) is 2. The minimum Gasteiger partial charge on any atom is -0.536 e. The van der Waals surface area contributed by atoms with Crippen LogP contribution in [0.4, 0.5) is 4.39 Å². The molecular weight excluding hydrogens is 458 g/mol. The van der Waals surface area contributed by atoms with Crippen molar-refractivity contribution in [2.45, 2.75) is 32.3 Å². The monoisotopic (exact) mass is 478 g/mol. The Bertz CT molecular complexity index is 920. The van der Waals surface area contributed by atoms with Crippen LogP contribution in [-0.2, 0) is 18.9 Å². The van der Waals surface area contributed by atoms with Crippen LogP contribution in [-0.4, -0.2) is 43.3 Å². The van der Waals surface area contributed by atoms with Crippen molar-refractivity contribution in [2.75, 3.05) is 6.54 Å². The highest BCUT2D eigenvalue weighted by atomic mass is 79.9. The molecule has 0 saturated carbocycles. The maximum atomic E-state index is 13.8. The van der Waals surface area contributed by atoms with Gasteiger partial charge in [0, 0.05) is 4.47 Å². The van der Waals surface area contributed by atoms with Crippen molar-refractivity contribution >= 4 is 40.6 Å². The number of carbonyl (C=O) groups excluding carboxylic acids is 3. The maximum Gasteiger partial charge on any atom is 0.550 e. The zero-order valence-electron chi connectivity index (χ0n) is 16.5. The van der Waals surface area contributed by atoms with Crippen LogP contribution in [0.2, 0.25) is 0 Å². The molecule has 2 aliphatic rings. The minimum atomic E-state index is -0.824. The van der Waals surface area contributed by atoms with Gasteiger partial charge in [-0.25, -0.2) is 4.39 Å². The molecule has 0 aromatic heterocycles. The predicted molar refractivity (Wildman–Crippen MR) is 112 cm³/mol. The Labute approximate surface area is 182 Å². The summed E-state index contributed by atoms with van der Waals surface area (Å²) in [5, 5.41) is 5.19. The number of amides is 2. The van der Waals surface area contributed by atoms with Crippen molar-refractivity contribution in [3.8, 4) is 0 Å². The lowest BCUT2D eigenvalue weighted by molar-refractivity contribution is -0.120. The summed E-state index contributed by atoms with van der Waals surface area (Å²) in [6.45, 7) is 3.61. The second kappa shape index (κ2) is 9.57. The summed E-state index contributed by atoms with van der Waals surface area (Å²) in [6.07, 6.45) is 4.39. The molecule has 0 bridgehead atoms. The quantitative estimate of drug-likeness (QED) is 0.586. The Morgan fingerprint density at radius 2 is 2.10 bits per heavy atom. The van der Waals surface area contributed by atoms with E-state index < -0.39 is 36.8 Å². The summed E-state index contributed by atoms with van der Waals surface area (Å²) in [4.78, 5) is 36.6. The van der Waals surface area contributed by atoms with Crippen LogP contribution in [0.15, 0.2) is 46.7 Å². The van der Waals surface area contributed by atoms with Crippen molar-refractivity contribution in [3.63, 3.8) is 0 Å². The molecule has 2 N–H and O–H groups in total. The van der Waals surface area contributed by atoms with Gasteiger partial charge in [0.1, 0.15) is 11.6 Å². The molecule has 10 heteroatoms. The highest BCUT2D eigenvalue weighted by molar-refractivity contribution is 9.10. The summed E-state index contributed by atoms with van der Waals surface area (Å²) >= 11 is 3.18. The van der Waals surface area contributed by atoms with Crippen LogP contribution in [0.25, 0.3) is 0 Å². The first-order chi connectivity index (χ1) is 14.2. The molecule has 0 spiro atoms. The summed E-state index contributed by atoms with van der Waals surface area (Å²) < 4.78 is 25.8. The van der Waals surface area contributed by atoms with Gasteiger partial charge in [-0.05, 0) is 42.7 Å². The fourth-order valence-corrected chi connectivity index (χ4v) is 3.55. The van der Waals surface area contributed by atoms with Crippen molar-refractivity contribution < 1.29 is 28.1 Å². The van der Waals surface area contributed by atoms with Gasteiger partial charge < -0.3 is 19.9 Å². The number of benzene rings is 1. The van der Waals surface area contributed by atoms with Crippen molar-refractivity contribution in [1.82, 2.24) is 10.6 Å². The number of fused-ring (bicyclic) bond motifs is 1. The van der Waals surface area contributed by atoms with E-state index in [1.807, 2.05) is 13.8 Å². The molecule has 158 valence electrons. The lowest BCUT2D eigenvalue weighted by Crippen LogP contribution is -2.51. The average Bonchev–Trinajstić information content (AvgIpc) is 3.13.